The first-order valence-electron chi connectivity index (χ1n) is 12.5. The van der Waals surface area contributed by atoms with E-state index in [2.05, 4.69) is 34.9 Å². The Morgan fingerprint density at radius 2 is 1.63 bits per heavy atom. The SMILES string of the molecule is CC(C)CC(CNC(=O)OCC1c2ccccc2-c2ccccc21)C(=O)N[C@H]1CCC[C@H]1C(=O)O. The maximum Gasteiger partial charge on any atom is 0.407 e. The van der Waals surface area contributed by atoms with E-state index in [0.717, 1.165) is 28.7 Å². The molecule has 3 atom stereocenters. The summed E-state index contributed by atoms with van der Waals surface area (Å²) in [5.41, 5.74) is 4.61. The smallest absolute Gasteiger partial charge is 0.407 e. The lowest BCUT2D eigenvalue weighted by Gasteiger charge is -2.24. The monoisotopic (exact) mass is 478 g/mol. The van der Waals surface area contributed by atoms with Gasteiger partial charge in [-0.25, -0.2) is 4.79 Å². The maximum atomic E-state index is 13.0. The van der Waals surface area contributed by atoms with Crippen molar-refractivity contribution in [2.24, 2.45) is 17.8 Å². The van der Waals surface area contributed by atoms with E-state index in [1.807, 2.05) is 38.1 Å². The highest BCUT2D eigenvalue weighted by Crippen LogP contribution is 2.44. The molecule has 0 bridgehead atoms. The van der Waals surface area contributed by atoms with E-state index >= 15 is 0 Å². The predicted molar refractivity (Wildman–Crippen MR) is 133 cm³/mol. The van der Waals surface area contributed by atoms with Gasteiger partial charge in [0.2, 0.25) is 5.91 Å². The Balaban J connectivity index is 1.34. The van der Waals surface area contributed by atoms with Crippen LogP contribution in [0.2, 0.25) is 0 Å². The van der Waals surface area contributed by atoms with Crippen molar-refractivity contribution in [2.45, 2.75) is 51.5 Å². The minimum absolute atomic E-state index is 0.0294. The summed E-state index contributed by atoms with van der Waals surface area (Å²) in [6.07, 6.45) is 2.05. The molecule has 7 heteroatoms. The molecule has 2 aromatic carbocycles. The molecule has 1 saturated carbocycles. The number of nitrogens with one attached hydrogen (secondary N) is 2. The molecule has 2 aromatic rings. The van der Waals surface area contributed by atoms with Crippen LogP contribution in [0.3, 0.4) is 0 Å². The molecule has 1 fully saturated rings. The van der Waals surface area contributed by atoms with E-state index in [4.69, 9.17) is 4.74 Å². The van der Waals surface area contributed by atoms with Gasteiger partial charge in [-0.15, -0.1) is 0 Å². The third-order valence-corrected chi connectivity index (χ3v) is 7.12. The number of amides is 2. The molecule has 7 nitrogen and oxygen atoms in total. The molecule has 4 rings (SSSR count). The first-order chi connectivity index (χ1) is 16.8. The fourth-order valence-corrected chi connectivity index (χ4v) is 5.44. The van der Waals surface area contributed by atoms with Crippen LogP contribution in [-0.2, 0) is 14.3 Å². The van der Waals surface area contributed by atoms with Crippen LogP contribution in [0.1, 0.15) is 56.6 Å². The van der Waals surface area contributed by atoms with Crippen LogP contribution in [0, 0.1) is 17.8 Å². The van der Waals surface area contributed by atoms with Gasteiger partial charge in [-0.05, 0) is 47.4 Å². The number of carbonyl (C=O) groups is 3. The molecule has 0 aromatic heterocycles. The molecular weight excluding hydrogens is 444 g/mol. The molecule has 2 aliphatic rings. The van der Waals surface area contributed by atoms with Gasteiger partial charge in [0.15, 0.2) is 0 Å². The van der Waals surface area contributed by atoms with Crippen molar-refractivity contribution in [2.75, 3.05) is 13.2 Å². The van der Waals surface area contributed by atoms with Crippen molar-refractivity contribution in [3.63, 3.8) is 0 Å². The molecule has 0 radical (unpaired) electrons. The highest BCUT2D eigenvalue weighted by atomic mass is 16.5. The summed E-state index contributed by atoms with van der Waals surface area (Å²) in [6.45, 7) is 4.39. The lowest BCUT2D eigenvalue weighted by Crippen LogP contribution is -2.46. The summed E-state index contributed by atoms with van der Waals surface area (Å²) < 4.78 is 5.60. The van der Waals surface area contributed by atoms with Crippen LogP contribution in [0.15, 0.2) is 48.5 Å². The number of hydrogen-bond donors (Lipinski definition) is 3. The second-order valence-electron chi connectivity index (χ2n) is 10.0. The minimum Gasteiger partial charge on any atom is -0.481 e. The van der Waals surface area contributed by atoms with Crippen LogP contribution in [0.5, 0.6) is 0 Å². The van der Waals surface area contributed by atoms with Gasteiger partial charge < -0.3 is 20.5 Å². The van der Waals surface area contributed by atoms with Gasteiger partial charge in [0.05, 0.1) is 11.8 Å². The molecule has 2 amide bonds. The van der Waals surface area contributed by atoms with Crippen molar-refractivity contribution in [3.8, 4) is 11.1 Å². The van der Waals surface area contributed by atoms with E-state index in [1.54, 1.807) is 0 Å². The molecular formula is C28H34N2O5. The largest absolute Gasteiger partial charge is 0.481 e. The topological polar surface area (TPSA) is 105 Å². The summed E-state index contributed by atoms with van der Waals surface area (Å²) >= 11 is 0. The Kier molecular flexibility index (Phi) is 7.73. The van der Waals surface area contributed by atoms with Gasteiger partial charge in [-0.1, -0.05) is 68.8 Å². The second-order valence-corrected chi connectivity index (χ2v) is 10.0. The zero-order valence-electron chi connectivity index (χ0n) is 20.3. The molecule has 186 valence electrons. The molecule has 0 spiro atoms. The quantitative estimate of drug-likeness (QED) is 0.490. The van der Waals surface area contributed by atoms with Crippen molar-refractivity contribution in [3.05, 3.63) is 59.7 Å². The van der Waals surface area contributed by atoms with Crippen LogP contribution < -0.4 is 10.6 Å². The molecule has 1 unspecified atom stereocenters. The number of aliphatic carboxylic acids is 1. The number of carboxylic acid groups (broad SMARTS) is 1. The molecule has 0 aliphatic heterocycles. The molecule has 3 N–H and O–H groups in total. The van der Waals surface area contributed by atoms with Gasteiger partial charge in [0.1, 0.15) is 6.61 Å². The highest BCUT2D eigenvalue weighted by Gasteiger charge is 2.35. The first-order valence-corrected chi connectivity index (χ1v) is 12.5. The Labute approximate surface area is 206 Å². The maximum absolute atomic E-state index is 13.0. The number of fused-ring (bicyclic) bond motifs is 3. The predicted octanol–water partition coefficient (Wildman–Crippen LogP) is 4.56. The van der Waals surface area contributed by atoms with Crippen LogP contribution >= 0.6 is 0 Å². The molecule has 2 aliphatic carbocycles. The van der Waals surface area contributed by atoms with Gasteiger partial charge in [0.25, 0.3) is 0 Å². The number of carbonyl (C=O) groups excluding carboxylic acids is 2. The van der Waals surface area contributed by atoms with E-state index in [9.17, 15) is 19.5 Å². The van der Waals surface area contributed by atoms with E-state index in [1.165, 1.54) is 0 Å². The summed E-state index contributed by atoms with van der Waals surface area (Å²) in [5.74, 6) is -1.87. The normalized spacial score (nSPS) is 19.6. The zero-order chi connectivity index (χ0) is 24.9. The number of rotatable bonds is 9. The lowest BCUT2D eigenvalue weighted by atomic mass is 9.95. The average molecular weight is 479 g/mol. The number of benzene rings is 2. The first kappa shape index (κ1) is 24.8. The molecule has 0 heterocycles. The number of ether oxygens (including phenoxy) is 1. The van der Waals surface area contributed by atoms with Gasteiger partial charge in [0, 0.05) is 18.5 Å². The summed E-state index contributed by atoms with van der Waals surface area (Å²) in [6, 6.07) is 16.0. The van der Waals surface area contributed by atoms with Crippen LogP contribution in [-0.4, -0.2) is 42.3 Å². The standard InChI is InChI=1S/C28H34N2O5/c1-17(2)14-18(26(31)30-25-13-7-12-23(25)27(32)33)15-29-28(34)35-16-24-21-10-5-3-8-19(21)20-9-4-6-11-22(20)24/h3-6,8-11,17-18,23-25H,7,12-16H2,1-2H3,(H,29,34)(H,30,31)(H,32,33)/t18?,23-,25+/m1/s1. The minimum atomic E-state index is -0.870. The number of carboxylic acids is 1. The number of alkyl carbamates (subject to hydrolysis) is 1. The van der Waals surface area contributed by atoms with Crippen molar-refractivity contribution in [1.82, 2.24) is 10.6 Å². The van der Waals surface area contributed by atoms with E-state index in [0.29, 0.717) is 19.3 Å². The van der Waals surface area contributed by atoms with Crippen LogP contribution in [0.25, 0.3) is 11.1 Å². The van der Waals surface area contributed by atoms with Crippen molar-refractivity contribution >= 4 is 18.0 Å². The van der Waals surface area contributed by atoms with E-state index < -0.39 is 23.9 Å². The summed E-state index contributed by atoms with van der Waals surface area (Å²) in [5, 5.41) is 15.1. The Bertz CT molecular complexity index is 1040. The molecule has 35 heavy (non-hydrogen) atoms. The van der Waals surface area contributed by atoms with E-state index in [-0.39, 0.29) is 36.9 Å². The van der Waals surface area contributed by atoms with Gasteiger partial charge in [-0.2, -0.15) is 0 Å². The van der Waals surface area contributed by atoms with Gasteiger partial charge >= 0.3 is 12.1 Å². The van der Waals surface area contributed by atoms with Gasteiger partial charge in [-0.3, -0.25) is 9.59 Å². The Hall–Kier alpha value is -3.35. The van der Waals surface area contributed by atoms with Crippen LogP contribution in [0.4, 0.5) is 4.79 Å². The Morgan fingerprint density at radius 3 is 2.23 bits per heavy atom. The number of hydrogen-bond acceptors (Lipinski definition) is 4. The zero-order valence-corrected chi connectivity index (χ0v) is 20.3. The Morgan fingerprint density at radius 1 is 1.00 bits per heavy atom. The third-order valence-electron chi connectivity index (χ3n) is 7.12. The van der Waals surface area contributed by atoms with Crippen molar-refractivity contribution in [1.29, 1.82) is 0 Å². The molecule has 0 saturated heterocycles. The third kappa shape index (κ3) is 5.66. The fourth-order valence-electron chi connectivity index (χ4n) is 5.44. The summed E-state index contributed by atoms with van der Waals surface area (Å²) in [4.78, 5) is 37.0. The second kappa shape index (κ2) is 10.9. The fraction of sp³-hybridized carbons (Fsp3) is 0.464. The highest BCUT2D eigenvalue weighted by molar-refractivity contribution is 5.81. The average Bonchev–Trinajstić information content (AvgIpc) is 3.43. The van der Waals surface area contributed by atoms with Crippen molar-refractivity contribution < 1.29 is 24.2 Å². The lowest BCUT2D eigenvalue weighted by molar-refractivity contribution is -0.142. The summed E-state index contributed by atoms with van der Waals surface area (Å²) in [7, 11) is 0.